The lowest BCUT2D eigenvalue weighted by Gasteiger charge is -2.15. The summed E-state index contributed by atoms with van der Waals surface area (Å²) in [4.78, 5) is 32.1. The zero-order valence-electron chi connectivity index (χ0n) is 9.34. The van der Waals surface area contributed by atoms with Crippen LogP contribution in [0, 0.1) is 0 Å². The van der Waals surface area contributed by atoms with E-state index in [1.165, 1.54) is 0 Å². The number of nitrogens with one attached hydrogen (secondary N) is 1. The standard InChI is InChI=1S/C8H14N2O6S/c1-4(7(9)12)17(15,16)3-6(8(13)14)10-5(2)11/h4,6H,3H2,1-2H3,(H2,9,12)(H,10,11)(H,13,14)/t4?,6-/m0/s1. The number of carboxylic acids is 1. The van der Waals surface area contributed by atoms with Gasteiger partial charge in [0.1, 0.15) is 11.3 Å². The van der Waals surface area contributed by atoms with Crippen LogP contribution in [0.5, 0.6) is 0 Å². The Morgan fingerprint density at radius 1 is 1.35 bits per heavy atom. The first-order chi connectivity index (χ1) is 7.58. The smallest absolute Gasteiger partial charge is 0.327 e. The molecular formula is C8H14N2O6S. The van der Waals surface area contributed by atoms with Crippen LogP contribution in [0.4, 0.5) is 0 Å². The summed E-state index contributed by atoms with van der Waals surface area (Å²) in [6.07, 6.45) is 0. The van der Waals surface area contributed by atoms with Crippen molar-refractivity contribution in [3.63, 3.8) is 0 Å². The van der Waals surface area contributed by atoms with Gasteiger partial charge in [0, 0.05) is 6.92 Å². The lowest BCUT2D eigenvalue weighted by Crippen LogP contribution is -2.47. The van der Waals surface area contributed by atoms with Gasteiger partial charge in [-0.25, -0.2) is 13.2 Å². The number of hydrogen-bond donors (Lipinski definition) is 3. The summed E-state index contributed by atoms with van der Waals surface area (Å²) in [6.45, 7) is 2.12. The van der Waals surface area contributed by atoms with Crippen LogP contribution in [0.15, 0.2) is 0 Å². The summed E-state index contributed by atoms with van der Waals surface area (Å²) >= 11 is 0. The van der Waals surface area contributed by atoms with Gasteiger partial charge < -0.3 is 16.2 Å². The highest BCUT2D eigenvalue weighted by Crippen LogP contribution is 2.04. The molecule has 1 unspecified atom stereocenters. The van der Waals surface area contributed by atoms with Crippen LogP contribution >= 0.6 is 0 Å². The number of rotatable bonds is 6. The first kappa shape index (κ1) is 15.4. The summed E-state index contributed by atoms with van der Waals surface area (Å²) < 4.78 is 23.1. The molecule has 9 heteroatoms. The molecule has 0 aliphatic rings. The molecule has 98 valence electrons. The molecule has 0 fully saturated rings. The van der Waals surface area contributed by atoms with E-state index >= 15 is 0 Å². The zero-order chi connectivity index (χ0) is 13.8. The molecule has 2 atom stereocenters. The second kappa shape index (κ2) is 5.62. The first-order valence-corrected chi connectivity index (χ1v) is 6.30. The third kappa shape index (κ3) is 4.81. The van der Waals surface area contributed by atoms with E-state index < -0.39 is 44.7 Å². The molecule has 17 heavy (non-hydrogen) atoms. The lowest BCUT2D eigenvalue weighted by atomic mass is 10.3. The van der Waals surface area contributed by atoms with Gasteiger partial charge in [0.25, 0.3) is 0 Å². The topological polar surface area (TPSA) is 144 Å². The highest BCUT2D eigenvalue weighted by atomic mass is 32.2. The Morgan fingerprint density at radius 3 is 2.12 bits per heavy atom. The van der Waals surface area contributed by atoms with Crippen LogP contribution < -0.4 is 11.1 Å². The van der Waals surface area contributed by atoms with Gasteiger partial charge in [-0.3, -0.25) is 9.59 Å². The predicted molar refractivity (Wildman–Crippen MR) is 57.7 cm³/mol. The SMILES string of the molecule is CC(=O)N[C@@H](CS(=O)(=O)C(C)C(N)=O)C(=O)O. The highest BCUT2D eigenvalue weighted by Gasteiger charge is 2.32. The third-order valence-electron chi connectivity index (χ3n) is 2.01. The minimum Gasteiger partial charge on any atom is -0.480 e. The molecule has 0 aliphatic heterocycles. The zero-order valence-corrected chi connectivity index (χ0v) is 10.2. The molecule has 8 nitrogen and oxygen atoms in total. The normalized spacial score (nSPS) is 14.7. The summed E-state index contributed by atoms with van der Waals surface area (Å²) in [5, 5.41) is 9.17. The fourth-order valence-electron chi connectivity index (χ4n) is 0.974. The molecule has 4 N–H and O–H groups in total. The van der Waals surface area contributed by atoms with Crippen molar-refractivity contribution in [1.82, 2.24) is 5.32 Å². The van der Waals surface area contributed by atoms with Crippen molar-refractivity contribution >= 4 is 27.6 Å². The molecular weight excluding hydrogens is 252 g/mol. The molecule has 0 rings (SSSR count). The Balaban J connectivity index is 4.94. The van der Waals surface area contributed by atoms with Crippen LogP contribution in [0.3, 0.4) is 0 Å². The van der Waals surface area contributed by atoms with Crippen molar-refractivity contribution in [2.24, 2.45) is 5.73 Å². The Kier molecular flexibility index (Phi) is 5.08. The molecule has 0 bridgehead atoms. The number of primary amides is 1. The monoisotopic (exact) mass is 266 g/mol. The number of hydrogen-bond acceptors (Lipinski definition) is 5. The number of amides is 2. The number of nitrogens with two attached hydrogens (primary N) is 1. The van der Waals surface area contributed by atoms with E-state index in [0.29, 0.717) is 0 Å². The number of sulfone groups is 1. The second-order valence-corrected chi connectivity index (χ2v) is 5.83. The molecule has 0 radical (unpaired) electrons. The Morgan fingerprint density at radius 2 is 1.82 bits per heavy atom. The van der Waals surface area contributed by atoms with E-state index in [0.717, 1.165) is 13.8 Å². The van der Waals surface area contributed by atoms with Gasteiger partial charge in [0.15, 0.2) is 9.84 Å². The molecule has 0 aromatic heterocycles. The number of carbonyl (C=O) groups is 3. The van der Waals surface area contributed by atoms with Crippen LogP contribution in [-0.4, -0.2) is 48.4 Å². The van der Waals surface area contributed by atoms with Crippen molar-refractivity contribution in [3.05, 3.63) is 0 Å². The van der Waals surface area contributed by atoms with Gasteiger partial charge in [0.2, 0.25) is 11.8 Å². The van der Waals surface area contributed by atoms with Crippen LogP contribution in [0.1, 0.15) is 13.8 Å². The molecule has 0 heterocycles. The lowest BCUT2D eigenvalue weighted by molar-refractivity contribution is -0.140. The average molecular weight is 266 g/mol. The molecule has 0 aliphatic carbocycles. The number of carboxylic acid groups (broad SMARTS) is 1. The van der Waals surface area contributed by atoms with Crippen molar-refractivity contribution in [3.8, 4) is 0 Å². The van der Waals surface area contributed by atoms with Gasteiger partial charge in [-0.1, -0.05) is 0 Å². The minimum atomic E-state index is -4.02. The predicted octanol–water partition coefficient (Wildman–Crippen LogP) is -2.14. The largest absolute Gasteiger partial charge is 0.480 e. The molecule has 0 saturated carbocycles. The maximum absolute atomic E-state index is 11.6. The Labute approximate surface area is 98.1 Å². The highest BCUT2D eigenvalue weighted by molar-refractivity contribution is 7.92. The van der Waals surface area contributed by atoms with Crippen molar-refractivity contribution in [1.29, 1.82) is 0 Å². The number of carbonyl (C=O) groups excluding carboxylic acids is 2. The summed E-state index contributed by atoms with van der Waals surface area (Å²) in [5.74, 6) is -4.14. The maximum atomic E-state index is 11.6. The van der Waals surface area contributed by atoms with Gasteiger partial charge in [-0.2, -0.15) is 0 Å². The van der Waals surface area contributed by atoms with Gasteiger partial charge in [-0.15, -0.1) is 0 Å². The second-order valence-electron chi connectivity index (χ2n) is 3.47. The Hall–Kier alpha value is -1.64. The van der Waals surface area contributed by atoms with E-state index in [9.17, 15) is 22.8 Å². The van der Waals surface area contributed by atoms with Gasteiger partial charge in [0.05, 0.1) is 5.75 Å². The average Bonchev–Trinajstić information content (AvgIpc) is 2.14. The van der Waals surface area contributed by atoms with Gasteiger partial charge in [-0.05, 0) is 6.92 Å². The summed E-state index contributed by atoms with van der Waals surface area (Å²) in [6, 6.07) is -1.60. The van der Waals surface area contributed by atoms with Crippen molar-refractivity contribution in [2.45, 2.75) is 25.1 Å². The fraction of sp³-hybridized carbons (Fsp3) is 0.625. The third-order valence-corrected chi connectivity index (χ3v) is 4.12. The van der Waals surface area contributed by atoms with Crippen LogP contribution in [-0.2, 0) is 24.2 Å². The first-order valence-electron chi connectivity index (χ1n) is 4.58. The van der Waals surface area contributed by atoms with Crippen LogP contribution in [0.2, 0.25) is 0 Å². The fourth-order valence-corrected chi connectivity index (χ4v) is 2.31. The molecule has 2 amide bonds. The van der Waals surface area contributed by atoms with E-state index in [2.05, 4.69) is 0 Å². The molecule has 0 saturated heterocycles. The minimum absolute atomic E-state index is 0.681. The quantitative estimate of drug-likeness (QED) is 0.500. The van der Waals surface area contributed by atoms with E-state index in [1.807, 2.05) is 5.32 Å². The van der Waals surface area contributed by atoms with E-state index in [1.54, 1.807) is 0 Å². The summed E-state index contributed by atoms with van der Waals surface area (Å²) in [7, 11) is -4.02. The Bertz CT molecular complexity index is 429. The summed E-state index contributed by atoms with van der Waals surface area (Å²) in [5.41, 5.74) is 4.82. The maximum Gasteiger partial charge on any atom is 0.327 e. The van der Waals surface area contributed by atoms with Gasteiger partial charge >= 0.3 is 5.97 Å². The van der Waals surface area contributed by atoms with Crippen molar-refractivity contribution in [2.75, 3.05) is 5.75 Å². The molecule has 0 spiro atoms. The molecule has 0 aromatic rings. The van der Waals surface area contributed by atoms with Crippen molar-refractivity contribution < 1.29 is 27.9 Å². The molecule has 0 aromatic carbocycles. The van der Waals surface area contributed by atoms with E-state index in [4.69, 9.17) is 10.8 Å². The number of aliphatic carboxylic acids is 1. The van der Waals surface area contributed by atoms with Crippen LogP contribution in [0.25, 0.3) is 0 Å². The van der Waals surface area contributed by atoms with E-state index in [-0.39, 0.29) is 0 Å².